The van der Waals surface area contributed by atoms with E-state index in [4.69, 9.17) is 59.6 Å². The normalized spacial score (nSPS) is 16.3. The van der Waals surface area contributed by atoms with Crippen molar-refractivity contribution >= 4 is 94.4 Å². The van der Waals surface area contributed by atoms with Crippen LogP contribution in [0.5, 0.6) is 0 Å². The van der Waals surface area contributed by atoms with E-state index in [9.17, 15) is 47.9 Å². The number of thiocarbonyl (C=S) groups is 1. The van der Waals surface area contributed by atoms with E-state index in [1.54, 1.807) is 186 Å². The monoisotopic (exact) mass is 1420 g/mol. The number of hydrogen-bond acceptors (Lipinski definition) is 28. The van der Waals surface area contributed by atoms with Gasteiger partial charge in [0, 0.05) is 63.7 Å². The molecule has 29 nitrogen and oxygen atoms in total. The Morgan fingerprint density at radius 1 is 0.384 bits per heavy atom. The van der Waals surface area contributed by atoms with Gasteiger partial charge in [-0.1, -0.05) is 0 Å². The van der Waals surface area contributed by atoms with E-state index in [2.05, 4.69) is 20.8 Å². The molecule has 99 heavy (non-hydrogen) atoms. The third-order valence-electron chi connectivity index (χ3n) is 13.5. The van der Waals surface area contributed by atoms with E-state index in [1.165, 1.54) is 28.0 Å². The van der Waals surface area contributed by atoms with Crippen LogP contribution in [0, 0.1) is 0 Å². The summed E-state index contributed by atoms with van der Waals surface area (Å²) in [5, 5.41) is 7.60. The standard InChI is InChI=1S/C69H113N9O20S/c1-60(2,3)91-50(79)32-73-25-26-74(33-51(80)92-61(4,5)6)41-68(40-73,77(36-54(83)95-64(13,14)15)37-55(84)96-65(16,17)18)44-89-58(87)71-48-29-47(70-46-99)30-49(31-48)72-59(88)90-45-69(78(38-56(85)97-66(19,20)21)39-57(86)98-67(22,23)24)42-75(34-52(81)93-62(7,8)9)27-28-76(43-69)35-53(82)94-63(10,11)12/h29-31H,25-28,32-45H2,1-24H3,(H,71,87)(H,72,88). The molecule has 0 spiro atoms. The van der Waals surface area contributed by atoms with E-state index >= 15 is 0 Å². The zero-order valence-corrected chi connectivity index (χ0v) is 64.0. The van der Waals surface area contributed by atoms with E-state index in [-0.39, 0.29) is 95.6 Å². The molecule has 1 aromatic rings. The van der Waals surface area contributed by atoms with E-state index in [0.29, 0.717) is 0 Å². The van der Waals surface area contributed by atoms with Crippen molar-refractivity contribution < 1.29 is 95.3 Å². The largest absolute Gasteiger partial charge is 0.459 e. The maximum absolute atomic E-state index is 14.6. The molecule has 2 aliphatic rings. The lowest BCUT2D eigenvalue weighted by Gasteiger charge is -2.45. The second-order valence-electron chi connectivity index (χ2n) is 33.1. The molecule has 2 saturated heterocycles. The third kappa shape index (κ3) is 35.8. The van der Waals surface area contributed by atoms with Gasteiger partial charge in [-0.05, 0) is 197 Å². The summed E-state index contributed by atoms with van der Waals surface area (Å²) in [6.45, 7) is 35.7. The van der Waals surface area contributed by atoms with Crippen molar-refractivity contribution in [1.82, 2.24) is 29.4 Å². The van der Waals surface area contributed by atoms with Gasteiger partial charge in [0.15, 0.2) is 0 Å². The summed E-state index contributed by atoms with van der Waals surface area (Å²) in [6.07, 6.45) is -2.22. The highest BCUT2D eigenvalue weighted by Crippen LogP contribution is 2.31. The van der Waals surface area contributed by atoms with Gasteiger partial charge in [-0.25, -0.2) is 9.59 Å². The van der Waals surface area contributed by atoms with Crippen LogP contribution in [-0.4, -0.2) is 268 Å². The molecule has 1 aromatic carbocycles. The summed E-state index contributed by atoms with van der Waals surface area (Å²) in [6, 6.07) is 4.09. The fraction of sp³-hybridized carbons (Fsp3) is 0.754. The Balaban J connectivity index is 2.27. The highest BCUT2D eigenvalue weighted by atomic mass is 32.1. The molecule has 0 unspecified atom stereocenters. The predicted octanol–water partition coefficient (Wildman–Crippen LogP) is 7.57. The first-order valence-corrected chi connectivity index (χ1v) is 33.5. The topological polar surface area (TPSA) is 319 Å². The molecule has 0 atom stereocenters. The van der Waals surface area contributed by atoms with Crippen molar-refractivity contribution in [2.24, 2.45) is 4.99 Å². The Morgan fingerprint density at radius 3 is 0.798 bits per heavy atom. The summed E-state index contributed by atoms with van der Waals surface area (Å²) < 4.78 is 58.5. The van der Waals surface area contributed by atoms with Crippen LogP contribution in [0.25, 0.3) is 0 Å². The van der Waals surface area contributed by atoms with Crippen molar-refractivity contribution in [2.45, 2.75) is 222 Å². The minimum atomic E-state index is -1.66. The van der Waals surface area contributed by atoms with Gasteiger partial charge in [-0.2, -0.15) is 4.99 Å². The quantitative estimate of drug-likeness (QED) is 0.0412. The molecule has 3 rings (SSSR count). The number of benzene rings is 1. The highest BCUT2D eigenvalue weighted by molar-refractivity contribution is 7.78. The smallest absolute Gasteiger partial charge is 0.411 e. The van der Waals surface area contributed by atoms with Crippen molar-refractivity contribution in [3.05, 3.63) is 18.2 Å². The Hall–Kier alpha value is -6.92. The molecule has 2 aliphatic heterocycles. The molecule has 2 amide bonds. The minimum Gasteiger partial charge on any atom is -0.459 e. The van der Waals surface area contributed by atoms with Crippen LogP contribution < -0.4 is 10.6 Å². The van der Waals surface area contributed by atoms with Gasteiger partial charge in [0.05, 0.1) is 74.3 Å². The van der Waals surface area contributed by atoms with Gasteiger partial charge in [-0.3, -0.25) is 78.4 Å². The van der Waals surface area contributed by atoms with Gasteiger partial charge >= 0.3 is 59.9 Å². The first-order valence-electron chi connectivity index (χ1n) is 33.1. The van der Waals surface area contributed by atoms with Crippen LogP contribution in [0.3, 0.4) is 0 Å². The predicted molar refractivity (Wildman–Crippen MR) is 372 cm³/mol. The highest BCUT2D eigenvalue weighted by Gasteiger charge is 2.49. The zero-order valence-electron chi connectivity index (χ0n) is 63.2. The second kappa shape index (κ2) is 35.1. The van der Waals surface area contributed by atoms with Gasteiger partial charge in [0.25, 0.3) is 0 Å². The average Bonchev–Trinajstić information content (AvgIpc) is 1.78. The molecule has 2 N–H and O–H groups in total. The maximum atomic E-state index is 14.6. The van der Waals surface area contributed by atoms with Gasteiger partial charge in [-0.15, -0.1) is 0 Å². The Bertz CT molecular complexity index is 2710. The number of nitrogens with zero attached hydrogens (tertiary/aromatic N) is 7. The number of hydrogen-bond donors (Lipinski definition) is 2. The van der Waals surface area contributed by atoms with Crippen molar-refractivity contribution in [3.63, 3.8) is 0 Å². The SMILES string of the molecule is CC(C)(C)OC(=O)CN1CCN(CC(=O)OC(C)(C)C)CC(COC(=O)Nc2cc(N=C=S)cc(NC(=O)OCC3(N(CC(=O)OC(C)(C)C)CC(=O)OC(C)(C)C)CN(CC(=O)OC(C)(C)C)CCN(CC(=O)OC(C)(C)C)C3)c2)(N(CC(=O)OC(C)(C)C)CC(=O)OC(C)(C)C)C1. The number of anilines is 2. The molecule has 0 aromatic heterocycles. The first-order chi connectivity index (χ1) is 44.9. The van der Waals surface area contributed by atoms with Crippen molar-refractivity contribution in [3.8, 4) is 0 Å². The molecule has 0 radical (unpaired) electrons. The summed E-state index contributed by atoms with van der Waals surface area (Å²) in [7, 11) is 0. The first kappa shape index (κ1) is 86.3. The molecule has 2 heterocycles. The van der Waals surface area contributed by atoms with E-state index in [0.717, 1.165) is 0 Å². The van der Waals surface area contributed by atoms with Crippen LogP contribution >= 0.6 is 12.2 Å². The van der Waals surface area contributed by atoms with Gasteiger partial charge in [0.2, 0.25) is 0 Å². The van der Waals surface area contributed by atoms with Crippen LogP contribution in [0.1, 0.15) is 166 Å². The van der Waals surface area contributed by atoms with Crippen molar-refractivity contribution in [2.75, 3.05) is 129 Å². The Kier molecular flexibility index (Phi) is 30.6. The number of carbonyl (C=O) groups is 10. The van der Waals surface area contributed by atoms with Gasteiger partial charge in [0.1, 0.15) is 58.0 Å². The molecule has 560 valence electrons. The number of isothiocyanates is 1. The molecular weight excluding hydrogens is 1310 g/mol. The average molecular weight is 1420 g/mol. The van der Waals surface area contributed by atoms with Gasteiger partial charge < -0.3 is 47.4 Å². The summed E-state index contributed by atoms with van der Waals surface area (Å²) in [4.78, 5) is 154. The molecule has 0 bridgehead atoms. The zero-order chi connectivity index (χ0) is 75.7. The maximum Gasteiger partial charge on any atom is 0.411 e. The summed E-state index contributed by atoms with van der Waals surface area (Å²) in [5.74, 6) is -5.52. The van der Waals surface area contributed by atoms with Crippen molar-refractivity contribution in [1.29, 1.82) is 0 Å². The molecular formula is C69H113N9O20S. The van der Waals surface area contributed by atoms with Crippen LogP contribution in [0.15, 0.2) is 23.2 Å². The fourth-order valence-corrected chi connectivity index (χ4v) is 10.8. The molecule has 30 heteroatoms. The van der Waals surface area contributed by atoms with E-state index < -0.39 is 155 Å². The summed E-state index contributed by atoms with van der Waals surface area (Å²) in [5.41, 5.74) is -10.9. The Morgan fingerprint density at radius 2 is 0.596 bits per heavy atom. The number of rotatable bonds is 25. The third-order valence-corrected chi connectivity index (χ3v) is 13.5. The van der Waals surface area contributed by atoms with Crippen LogP contribution in [-0.2, 0) is 85.7 Å². The number of aliphatic imine (C=N–C) groups is 1. The lowest BCUT2D eigenvalue weighted by atomic mass is 9.95. The number of carbonyl (C=O) groups excluding carboxylic acids is 10. The van der Waals surface area contributed by atoms with Crippen LogP contribution in [0.2, 0.25) is 0 Å². The molecule has 0 saturated carbocycles. The second-order valence-corrected chi connectivity index (χ2v) is 33.3. The number of ether oxygens (including phenoxy) is 10. The fourth-order valence-electron chi connectivity index (χ4n) is 10.7. The molecule has 0 aliphatic carbocycles. The molecule has 2 fully saturated rings. The lowest BCUT2D eigenvalue weighted by Crippen LogP contribution is -2.65. The number of amides is 2. The lowest BCUT2D eigenvalue weighted by molar-refractivity contribution is -0.167. The van der Waals surface area contributed by atoms with E-state index in [1.807, 2.05) is 0 Å². The summed E-state index contributed by atoms with van der Waals surface area (Å²) >= 11 is 4.99. The Labute approximate surface area is 590 Å². The van der Waals surface area contributed by atoms with Crippen LogP contribution in [0.4, 0.5) is 26.7 Å². The number of esters is 8. The number of nitrogens with one attached hydrogen (secondary N) is 2. The minimum absolute atomic E-state index is 0.0362.